The zero-order chi connectivity index (χ0) is 14.8. The van der Waals surface area contributed by atoms with Gasteiger partial charge in [0.2, 0.25) is 5.76 Å². The van der Waals surface area contributed by atoms with E-state index < -0.39 is 0 Å². The highest BCUT2D eigenvalue weighted by atomic mass is 16.5. The zero-order valence-corrected chi connectivity index (χ0v) is 12.5. The fraction of sp³-hybridized carbons (Fsp3) is 0.412. The van der Waals surface area contributed by atoms with E-state index in [9.17, 15) is 4.79 Å². The second kappa shape index (κ2) is 5.72. The Morgan fingerprint density at radius 3 is 2.81 bits per heavy atom. The molecule has 2 aromatic rings. The van der Waals surface area contributed by atoms with Crippen LogP contribution in [0.15, 0.2) is 34.9 Å². The van der Waals surface area contributed by atoms with Crippen LogP contribution >= 0.6 is 0 Å². The zero-order valence-electron chi connectivity index (χ0n) is 12.5. The first-order chi connectivity index (χ1) is 10.1. The standard InChI is InChI=1S/C17H20N2O2/c1-12-5-7-14(8-6-12)15-10-16(21-18-15)17(20)19-9-3-4-13(2)11-19/h5-8,10,13H,3-4,9,11H2,1-2H3. The molecule has 0 spiro atoms. The van der Waals surface area contributed by atoms with Crippen molar-refractivity contribution in [2.45, 2.75) is 26.7 Å². The lowest BCUT2D eigenvalue weighted by molar-refractivity contribution is 0.0641. The van der Waals surface area contributed by atoms with Gasteiger partial charge in [0, 0.05) is 24.7 Å². The highest BCUT2D eigenvalue weighted by Crippen LogP contribution is 2.22. The maximum Gasteiger partial charge on any atom is 0.292 e. The van der Waals surface area contributed by atoms with Crippen LogP contribution in [0.5, 0.6) is 0 Å². The number of hydrogen-bond acceptors (Lipinski definition) is 3. The van der Waals surface area contributed by atoms with E-state index in [1.54, 1.807) is 6.07 Å². The van der Waals surface area contributed by atoms with E-state index in [4.69, 9.17) is 4.52 Å². The van der Waals surface area contributed by atoms with Gasteiger partial charge in [0.1, 0.15) is 5.69 Å². The summed E-state index contributed by atoms with van der Waals surface area (Å²) in [5.74, 6) is 0.842. The van der Waals surface area contributed by atoms with Gasteiger partial charge in [-0.3, -0.25) is 4.79 Å². The molecule has 1 aliphatic heterocycles. The average Bonchev–Trinajstić information content (AvgIpc) is 2.97. The fourth-order valence-electron chi connectivity index (χ4n) is 2.77. The van der Waals surface area contributed by atoms with Gasteiger partial charge in [-0.1, -0.05) is 41.9 Å². The minimum Gasteiger partial charge on any atom is -0.350 e. The molecule has 1 unspecified atom stereocenters. The van der Waals surface area contributed by atoms with Crippen LogP contribution in [-0.4, -0.2) is 29.1 Å². The van der Waals surface area contributed by atoms with Crippen molar-refractivity contribution in [1.82, 2.24) is 10.1 Å². The molecular weight excluding hydrogens is 264 g/mol. The summed E-state index contributed by atoms with van der Waals surface area (Å²) in [5, 5.41) is 4.03. The van der Waals surface area contributed by atoms with Crippen LogP contribution in [0.4, 0.5) is 0 Å². The van der Waals surface area contributed by atoms with E-state index in [0.29, 0.717) is 17.4 Å². The number of carbonyl (C=O) groups excluding carboxylic acids is 1. The highest BCUT2D eigenvalue weighted by molar-refractivity contribution is 5.92. The van der Waals surface area contributed by atoms with Crippen molar-refractivity contribution in [3.63, 3.8) is 0 Å². The molecule has 4 heteroatoms. The van der Waals surface area contributed by atoms with E-state index in [0.717, 1.165) is 25.1 Å². The molecule has 1 amide bonds. The highest BCUT2D eigenvalue weighted by Gasteiger charge is 2.25. The van der Waals surface area contributed by atoms with Gasteiger partial charge < -0.3 is 9.42 Å². The summed E-state index contributed by atoms with van der Waals surface area (Å²) in [6.45, 7) is 5.83. The maximum absolute atomic E-state index is 12.4. The molecule has 1 aliphatic rings. The molecule has 1 atom stereocenters. The normalized spacial score (nSPS) is 18.8. The second-order valence-electron chi connectivity index (χ2n) is 5.94. The van der Waals surface area contributed by atoms with Gasteiger partial charge >= 0.3 is 0 Å². The second-order valence-corrected chi connectivity index (χ2v) is 5.94. The van der Waals surface area contributed by atoms with E-state index >= 15 is 0 Å². The van der Waals surface area contributed by atoms with Crippen LogP contribution in [0.1, 0.15) is 35.9 Å². The molecular formula is C17H20N2O2. The number of benzene rings is 1. The summed E-state index contributed by atoms with van der Waals surface area (Å²) in [4.78, 5) is 14.3. The van der Waals surface area contributed by atoms with E-state index in [-0.39, 0.29) is 5.91 Å². The molecule has 0 radical (unpaired) electrons. The van der Waals surface area contributed by atoms with Crippen molar-refractivity contribution >= 4 is 5.91 Å². The number of hydrogen-bond donors (Lipinski definition) is 0. The number of amides is 1. The number of piperidine rings is 1. The first-order valence-corrected chi connectivity index (χ1v) is 7.46. The first kappa shape index (κ1) is 13.9. The average molecular weight is 284 g/mol. The SMILES string of the molecule is Cc1ccc(-c2cc(C(=O)N3CCCC(C)C3)on2)cc1. The Hall–Kier alpha value is -2.10. The third-order valence-electron chi connectivity index (χ3n) is 4.01. The molecule has 1 saturated heterocycles. The summed E-state index contributed by atoms with van der Waals surface area (Å²) < 4.78 is 5.26. The van der Waals surface area contributed by atoms with Crippen LogP contribution in [0, 0.1) is 12.8 Å². The summed E-state index contributed by atoms with van der Waals surface area (Å²) in [6.07, 6.45) is 2.25. The van der Waals surface area contributed by atoms with Crippen molar-refractivity contribution in [2.75, 3.05) is 13.1 Å². The summed E-state index contributed by atoms with van der Waals surface area (Å²) in [6, 6.07) is 9.77. The van der Waals surface area contributed by atoms with Gasteiger partial charge in [-0.25, -0.2) is 0 Å². The Kier molecular flexibility index (Phi) is 3.78. The van der Waals surface area contributed by atoms with Crippen molar-refractivity contribution < 1.29 is 9.32 Å². The van der Waals surface area contributed by atoms with Crippen molar-refractivity contribution in [2.24, 2.45) is 5.92 Å². The Morgan fingerprint density at radius 1 is 1.33 bits per heavy atom. The lowest BCUT2D eigenvalue weighted by Gasteiger charge is -2.29. The molecule has 2 heterocycles. The van der Waals surface area contributed by atoms with Gasteiger partial charge in [-0.05, 0) is 25.7 Å². The minimum atomic E-state index is -0.0487. The first-order valence-electron chi connectivity index (χ1n) is 7.46. The molecule has 0 N–H and O–H groups in total. The number of carbonyl (C=O) groups is 1. The predicted octanol–water partition coefficient (Wildman–Crippen LogP) is 3.52. The lowest BCUT2D eigenvalue weighted by atomic mass is 10.00. The smallest absolute Gasteiger partial charge is 0.292 e. The number of nitrogens with zero attached hydrogens (tertiary/aromatic N) is 2. The van der Waals surface area contributed by atoms with Crippen LogP contribution in [0.25, 0.3) is 11.3 Å². The molecule has 1 aromatic carbocycles. The molecule has 1 fully saturated rings. The minimum absolute atomic E-state index is 0.0487. The Labute approximate surface area is 124 Å². The van der Waals surface area contributed by atoms with Crippen LogP contribution in [-0.2, 0) is 0 Å². The Morgan fingerprint density at radius 2 is 2.10 bits per heavy atom. The van der Waals surface area contributed by atoms with E-state index in [2.05, 4.69) is 12.1 Å². The lowest BCUT2D eigenvalue weighted by Crippen LogP contribution is -2.38. The van der Waals surface area contributed by atoms with Crippen LogP contribution < -0.4 is 0 Å². The van der Waals surface area contributed by atoms with E-state index in [1.807, 2.05) is 36.1 Å². The number of rotatable bonds is 2. The Bertz CT molecular complexity index is 630. The summed E-state index contributed by atoms with van der Waals surface area (Å²) in [7, 11) is 0. The van der Waals surface area contributed by atoms with Crippen LogP contribution in [0.2, 0.25) is 0 Å². The van der Waals surface area contributed by atoms with Gasteiger partial charge in [0.15, 0.2) is 0 Å². The molecule has 4 nitrogen and oxygen atoms in total. The molecule has 110 valence electrons. The van der Waals surface area contributed by atoms with Gasteiger partial charge in [0.05, 0.1) is 0 Å². The molecule has 0 aliphatic carbocycles. The monoisotopic (exact) mass is 284 g/mol. The summed E-state index contributed by atoms with van der Waals surface area (Å²) >= 11 is 0. The van der Waals surface area contributed by atoms with E-state index in [1.165, 1.54) is 12.0 Å². The Balaban J connectivity index is 1.78. The maximum atomic E-state index is 12.4. The topological polar surface area (TPSA) is 46.3 Å². The third-order valence-corrected chi connectivity index (χ3v) is 4.01. The molecule has 21 heavy (non-hydrogen) atoms. The van der Waals surface area contributed by atoms with Crippen LogP contribution in [0.3, 0.4) is 0 Å². The number of aryl methyl sites for hydroxylation is 1. The number of aromatic nitrogens is 1. The third kappa shape index (κ3) is 2.99. The van der Waals surface area contributed by atoms with Crippen molar-refractivity contribution in [3.05, 3.63) is 41.7 Å². The predicted molar refractivity (Wildman–Crippen MR) is 81.0 cm³/mol. The van der Waals surface area contributed by atoms with Gasteiger partial charge in [0.25, 0.3) is 5.91 Å². The molecule has 0 bridgehead atoms. The molecule has 3 rings (SSSR count). The largest absolute Gasteiger partial charge is 0.350 e. The number of likely N-dealkylation sites (tertiary alicyclic amines) is 1. The quantitative estimate of drug-likeness (QED) is 0.847. The molecule has 1 aromatic heterocycles. The van der Waals surface area contributed by atoms with Crippen molar-refractivity contribution in [1.29, 1.82) is 0 Å². The fourth-order valence-corrected chi connectivity index (χ4v) is 2.77. The molecule has 0 saturated carbocycles. The summed E-state index contributed by atoms with van der Waals surface area (Å²) in [5.41, 5.74) is 2.87. The van der Waals surface area contributed by atoms with Gasteiger partial charge in [-0.15, -0.1) is 0 Å². The van der Waals surface area contributed by atoms with Gasteiger partial charge in [-0.2, -0.15) is 0 Å². The van der Waals surface area contributed by atoms with Crippen molar-refractivity contribution in [3.8, 4) is 11.3 Å².